The fourth-order valence-electron chi connectivity index (χ4n) is 2.71. The summed E-state index contributed by atoms with van der Waals surface area (Å²) in [7, 11) is 0. The Bertz CT molecular complexity index is 360. The molecule has 0 N–H and O–H groups in total. The van der Waals surface area contributed by atoms with Crippen molar-refractivity contribution in [3.63, 3.8) is 0 Å². The first kappa shape index (κ1) is 12.8. The van der Waals surface area contributed by atoms with Gasteiger partial charge in [-0.25, -0.2) is 0 Å². The zero-order valence-electron chi connectivity index (χ0n) is 10.7. The summed E-state index contributed by atoms with van der Waals surface area (Å²) >= 11 is 1.84. The normalized spacial score (nSPS) is 23.9. The van der Waals surface area contributed by atoms with Gasteiger partial charge in [-0.15, -0.1) is 11.3 Å². The van der Waals surface area contributed by atoms with Gasteiger partial charge >= 0.3 is 0 Å². The SMILES string of the molecule is CCCC(c1cccs1)N1CCC(=O)CC1C. The van der Waals surface area contributed by atoms with Crippen LogP contribution in [-0.2, 0) is 4.79 Å². The quantitative estimate of drug-likeness (QED) is 0.814. The first-order valence-corrected chi connectivity index (χ1v) is 7.41. The molecular weight excluding hydrogens is 230 g/mol. The van der Waals surface area contributed by atoms with Crippen LogP contribution < -0.4 is 0 Å². The van der Waals surface area contributed by atoms with Crippen LogP contribution in [-0.4, -0.2) is 23.3 Å². The molecule has 0 amide bonds. The fraction of sp³-hybridized carbons (Fsp3) is 0.643. The maximum absolute atomic E-state index is 11.5. The lowest BCUT2D eigenvalue weighted by Gasteiger charge is -2.38. The molecule has 1 aromatic rings. The van der Waals surface area contributed by atoms with Crippen LogP contribution in [0.5, 0.6) is 0 Å². The van der Waals surface area contributed by atoms with Crippen molar-refractivity contribution >= 4 is 17.1 Å². The standard InChI is InChI=1S/C14H21NOS/c1-3-5-13(14-6-4-9-17-14)15-8-7-12(16)10-11(15)2/h4,6,9,11,13H,3,5,7-8,10H2,1-2H3. The van der Waals surface area contributed by atoms with Crippen LogP contribution in [0, 0.1) is 0 Å². The molecule has 0 spiro atoms. The minimum absolute atomic E-state index is 0.398. The molecule has 2 heterocycles. The van der Waals surface area contributed by atoms with Gasteiger partial charge in [-0.2, -0.15) is 0 Å². The van der Waals surface area contributed by atoms with Gasteiger partial charge in [0.2, 0.25) is 0 Å². The van der Waals surface area contributed by atoms with E-state index in [2.05, 4.69) is 36.3 Å². The number of nitrogens with zero attached hydrogens (tertiary/aromatic N) is 1. The van der Waals surface area contributed by atoms with Crippen LogP contribution in [0.25, 0.3) is 0 Å². The highest BCUT2D eigenvalue weighted by atomic mass is 32.1. The smallest absolute Gasteiger partial charge is 0.135 e. The number of piperidine rings is 1. The molecule has 2 nitrogen and oxygen atoms in total. The largest absolute Gasteiger partial charge is 0.300 e. The van der Waals surface area contributed by atoms with Gasteiger partial charge in [0.25, 0.3) is 0 Å². The van der Waals surface area contributed by atoms with E-state index >= 15 is 0 Å². The van der Waals surface area contributed by atoms with Crippen molar-refractivity contribution in [3.05, 3.63) is 22.4 Å². The molecule has 1 aliphatic heterocycles. The highest BCUT2D eigenvalue weighted by molar-refractivity contribution is 7.10. The number of thiophene rings is 1. The van der Waals surface area contributed by atoms with E-state index in [0.717, 1.165) is 19.4 Å². The summed E-state index contributed by atoms with van der Waals surface area (Å²) in [5, 5.41) is 2.15. The van der Waals surface area contributed by atoms with Gasteiger partial charge < -0.3 is 0 Å². The summed E-state index contributed by atoms with van der Waals surface area (Å²) in [5.74, 6) is 0.426. The number of rotatable bonds is 4. The van der Waals surface area contributed by atoms with Crippen LogP contribution in [0.3, 0.4) is 0 Å². The number of carbonyl (C=O) groups excluding carboxylic acids is 1. The van der Waals surface area contributed by atoms with E-state index in [1.165, 1.54) is 17.7 Å². The summed E-state index contributed by atoms with van der Waals surface area (Å²) in [6.45, 7) is 5.36. The Morgan fingerprint density at radius 2 is 2.41 bits per heavy atom. The van der Waals surface area contributed by atoms with Gasteiger partial charge in [0.1, 0.15) is 5.78 Å². The van der Waals surface area contributed by atoms with Crippen LogP contribution >= 0.6 is 11.3 Å². The maximum Gasteiger partial charge on any atom is 0.135 e. The minimum atomic E-state index is 0.398. The molecule has 0 aliphatic carbocycles. The zero-order chi connectivity index (χ0) is 12.3. The molecule has 0 aromatic carbocycles. The predicted molar refractivity (Wildman–Crippen MR) is 72.4 cm³/mol. The zero-order valence-corrected chi connectivity index (χ0v) is 11.5. The van der Waals surface area contributed by atoms with Gasteiger partial charge in [-0.05, 0) is 24.8 Å². The molecule has 0 radical (unpaired) electrons. The molecule has 2 rings (SSSR count). The molecule has 0 saturated carbocycles. The van der Waals surface area contributed by atoms with E-state index in [1.54, 1.807) is 0 Å². The monoisotopic (exact) mass is 251 g/mol. The Morgan fingerprint density at radius 1 is 1.59 bits per heavy atom. The minimum Gasteiger partial charge on any atom is -0.300 e. The van der Waals surface area contributed by atoms with Crippen LogP contribution in [0.1, 0.15) is 50.4 Å². The van der Waals surface area contributed by atoms with E-state index in [1.807, 2.05) is 11.3 Å². The summed E-state index contributed by atoms with van der Waals surface area (Å²) in [6.07, 6.45) is 3.85. The molecule has 3 heteroatoms. The Balaban J connectivity index is 2.13. The van der Waals surface area contributed by atoms with Gasteiger partial charge in [0, 0.05) is 36.3 Å². The van der Waals surface area contributed by atoms with Crippen LogP contribution in [0.2, 0.25) is 0 Å². The fourth-order valence-corrected chi connectivity index (χ4v) is 3.59. The molecule has 2 atom stereocenters. The summed E-state index contributed by atoms with van der Waals surface area (Å²) < 4.78 is 0. The number of hydrogen-bond acceptors (Lipinski definition) is 3. The third-order valence-corrected chi connectivity index (χ3v) is 4.55. The first-order chi connectivity index (χ1) is 8.22. The van der Waals surface area contributed by atoms with Crippen molar-refractivity contribution in [2.45, 2.75) is 51.6 Å². The van der Waals surface area contributed by atoms with Crippen molar-refractivity contribution < 1.29 is 4.79 Å². The molecular formula is C14H21NOS. The molecule has 2 unspecified atom stereocenters. The number of ketones is 1. The molecule has 94 valence electrons. The van der Waals surface area contributed by atoms with Crippen molar-refractivity contribution in [2.24, 2.45) is 0 Å². The number of hydrogen-bond donors (Lipinski definition) is 0. The summed E-state index contributed by atoms with van der Waals surface area (Å²) in [6, 6.07) is 5.27. The van der Waals surface area contributed by atoms with E-state index in [9.17, 15) is 4.79 Å². The topological polar surface area (TPSA) is 20.3 Å². The van der Waals surface area contributed by atoms with E-state index < -0.39 is 0 Å². The van der Waals surface area contributed by atoms with Crippen molar-refractivity contribution in [3.8, 4) is 0 Å². The first-order valence-electron chi connectivity index (χ1n) is 6.53. The predicted octanol–water partition coefficient (Wildman–Crippen LogP) is 3.64. The third kappa shape index (κ3) is 2.96. The lowest BCUT2D eigenvalue weighted by atomic mass is 9.97. The Morgan fingerprint density at radius 3 is 3.00 bits per heavy atom. The van der Waals surface area contributed by atoms with Crippen molar-refractivity contribution in [1.82, 2.24) is 4.90 Å². The number of likely N-dealkylation sites (tertiary alicyclic amines) is 1. The molecule has 17 heavy (non-hydrogen) atoms. The molecule has 0 bridgehead atoms. The maximum atomic E-state index is 11.5. The van der Waals surface area contributed by atoms with E-state index in [4.69, 9.17) is 0 Å². The summed E-state index contributed by atoms with van der Waals surface area (Å²) in [5.41, 5.74) is 0. The van der Waals surface area contributed by atoms with Crippen LogP contribution in [0.4, 0.5) is 0 Å². The Kier molecular flexibility index (Phi) is 4.35. The molecule has 1 saturated heterocycles. The van der Waals surface area contributed by atoms with Gasteiger partial charge in [-0.1, -0.05) is 19.4 Å². The lowest BCUT2D eigenvalue weighted by Crippen LogP contribution is -2.43. The Labute approximate surface area is 108 Å². The second-order valence-corrected chi connectivity index (χ2v) is 5.88. The van der Waals surface area contributed by atoms with Crippen LogP contribution in [0.15, 0.2) is 17.5 Å². The van der Waals surface area contributed by atoms with Gasteiger partial charge in [-0.3, -0.25) is 9.69 Å². The highest BCUT2D eigenvalue weighted by Crippen LogP contribution is 2.33. The molecule has 1 fully saturated rings. The Hall–Kier alpha value is -0.670. The number of carbonyl (C=O) groups is 1. The highest BCUT2D eigenvalue weighted by Gasteiger charge is 2.30. The summed E-state index contributed by atoms with van der Waals surface area (Å²) in [4.78, 5) is 15.4. The molecule has 1 aliphatic rings. The van der Waals surface area contributed by atoms with Crippen molar-refractivity contribution in [2.75, 3.05) is 6.54 Å². The second-order valence-electron chi connectivity index (χ2n) is 4.90. The second kappa shape index (κ2) is 5.78. The average molecular weight is 251 g/mol. The van der Waals surface area contributed by atoms with Gasteiger partial charge in [0.15, 0.2) is 0 Å². The third-order valence-electron chi connectivity index (χ3n) is 3.57. The van der Waals surface area contributed by atoms with Crippen molar-refractivity contribution in [1.29, 1.82) is 0 Å². The van der Waals surface area contributed by atoms with E-state index in [-0.39, 0.29) is 0 Å². The van der Waals surface area contributed by atoms with Gasteiger partial charge in [0.05, 0.1) is 0 Å². The number of Topliss-reactive ketones (excluding diaryl/α,β-unsaturated/α-hetero) is 1. The molecule has 1 aromatic heterocycles. The lowest BCUT2D eigenvalue weighted by molar-refractivity contribution is -0.123. The van der Waals surface area contributed by atoms with E-state index in [0.29, 0.717) is 17.9 Å². The average Bonchev–Trinajstić information content (AvgIpc) is 2.80.